The van der Waals surface area contributed by atoms with Crippen LogP contribution in [0.15, 0.2) is 22.2 Å². The Morgan fingerprint density at radius 3 is 2.35 bits per heavy atom. The second-order valence-electron chi connectivity index (χ2n) is 7.02. The summed E-state index contributed by atoms with van der Waals surface area (Å²) in [6.45, 7) is 2.98. The van der Waals surface area contributed by atoms with E-state index in [0.29, 0.717) is 11.0 Å². The Morgan fingerprint density at radius 2 is 1.85 bits per heavy atom. The molecule has 0 aromatic rings. The fourth-order valence-electron chi connectivity index (χ4n) is 3.63. The first-order chi connectivity index (χ1) is 9.24. The van der Waals surface area contributed by atoms with Crippen LogP contribution in [0.1, 0.15) is 39.0 Å². The Labute approximate surface area is 132 Å². The molecule has 1 saturated carbocycles. The van der Waals surface area contributed by atoms with Gasteiger partial charge in [0.1, 0.15) is 0 Å². The molecule has 0 amide bonds. The molecular formula is C16H25Cl2NO. The fraction of sp³-hybridized carbons (Fsp3) is 0.750. The zero-order valence-corrected chi connectivity index (χ0v) is 14.1. The number of hydrogen-bond acceptors (Lipinski definition) is 2. The van der Waals surface area contributed by atoms with Gasteiger partial charge in [0.2, 0.25) is 0 Å². The van der Waals surface area contributed by atoms with Crippen LogP contribution in [0, 0.1) is 11.3 Å². The summed E-state index contributed by atoms with van der Waals surface area (Å²) in [5.74, 6) is 0.413. The van der Waals surface area contributed by atoms with E-state index in [1.165, 1.54) is 0 Å². The fourth-order valence-corrected chi connectivity index (χ4v) is 4.01. The lowest BCUT2D eigenvalue weighted by atomic mass is 9.61. The first kappa shape index (κ1) is 16.4. The van der Waals surface area contributed by atoms with Gasteiger partial charge in [0.15, 0.2) is 0 Å². The smallest absolute Gasteiger partial charge is 0.0620 e. The van der Waals surface area contributed by atoms with Gasteiger partial charge in [-0.3, -0.25) is 0 Å². The van der Waals surface area contributed by atoms with E-state index in [4.69, 9.17) is 23.2 Å². The number of rotatable bonds is 3. The van der Waals surface area contributed by atoms with Crippen molar-refractivity contribution in [1.29, 1.82) is 0 Å². The first-order valence-corrected chi connectivity index (χ1v) is 8.09. The number of nitrogens with zero attached hydrogens (tertiary/aromatic N) is 1. The largest absolute Gasteiger partial charge is 0.390 e. The zero-order valence-electron chi connectivity index (χ0n) is 12.6. The summed E-state index contributed by atoms with van der Waals surface area (Å²) < 4.78 is 0. The summed E-state index contributed by atoms with van der Waals surface area (Å²) in [6.07, 6.45) is 8.79. The molecule has 2 rings (SSSR count). The Kier molecular flexibility index (Phi) is 4.91. The molecule has 1 unspecified atom stereocenters. The van der Waals surface area contributed by atoms with Gasteiger partial charge in [-0.05, 0) is 70.5 Å². The first-order valence-electron chi connectivity index (χ1n) is 7.34. The Balaban J connectivity index is 2.19. The molecule has 1 atom stereocenters. The molecule has 2 aliphatic rings. The molecule has 1 N–H and O–H groups in total. The number of hydrogen-bond donors (Lipinski definition) is 1. The van der Waals surface area contributed by atoms with Crippen LogP contribution in [0.2, 0.25) is 0 Å². The second kappa shape index (κ2) is 6.00. The third-order valence-electron chi connectivity index (χ3n) is 4.87. The Hall–Kier alpha value is -0.0200. The number of halogens is 2. The molecule has 1 fully saturated rings. The van der Waals surface area contributed by atoms with E-state index in [9.17, 15) is 5.11 Å². The van der Waals surface area contributed by atoms with E-state index < -0.39 is 5.60 Å². The van der Waals surface area contributed by atoms with Crippen LogP contribution in [0.5, 0.6) is 0 Å². The summed E-state index contributed by atoms with van der Waals surface area (Å²) in [7, 11) is 4.23. The van der Waals surface area contributed by atoms with Gasteiger partial charge in [-0.25, -0.2) is 0 Å². The average molecular weight is 318 g/mol. The van der Waals surface area contributed by atoms with Gasteiger partial charge in [0.25, 0.3) is 0 Å². The number of allylic oxidation sites excluding steroid dienone is 4. The molecule has 0 heterocycles. The van der Waals surface area contributed by atoms with Gasteiger partial charge >= 0.3 is 0 Å². The van der Waals surface area contributed by atoms with Gasteiger partial charge < -0.3 is 10.0 Å². The van der Waals surface area contributed by atoms with Crippen molar-refractivity contribution in [2.24, 2.45) is 11.3 Å². The van der Waals surface area contributed by atoms with Crippen molar-refractivity contribution in [3.63, 3.8) is 0 Å². The molecule has 20 heavy (non-hydrogen) atoms. The van der Waals surface area contributed by atoms with Crippen LogP contribution in [0.3, 0.4) is 0 Å². The molecule has 0 spiro atoms. The van der Waals surface area contributed by atoms with Crippen molar-refractivity contribution in [2.45, 2.75) is 44.6 Å². The third-order valence-corrected chi connectivity index (χ3v) is 5.68. The SMILES string of the molecule is CN(C)C[C@]1(C2C=CC(Cl)=C(Cl)C2)CC[C@](C)(O)CC1. The highest BCUT2D eigenvalue weighted by molar-refractivity contribution is 6.40. The van der Waals surface area contributed by atoms with Crippen molar-refractivity contribution >= 4 is 23.2 Å². The third kappa shape index (κ3) is 3.59. The van der Waals surface area contributed by atoms with Crippen molar-refractivity contribution in [3.05, 3.63) is 22.2 Å². The molecular weight excluding hydrogens is 293 g/mol. The van der Waals surface area contributed by atoms with Crippen LogP contribution in [-0.2, 0) is 0 Å². The van der Waals surface area contributed by atoms with E-state index in [2.05, 4.69) is 25.1 Å². The lowest BCUT2D eigenvalue weighted by Crippen LogP contribution is -2.46. The standard InChI is InChI=1S/C16H25Cl2NO/c1-15(20)6-8-16(9-7-15,11-19(2)3)12-4-5-13(17)14(18)10-12/h4-5,12,20H,6-11H2,1-3H3/t12?,15-,16-. The molecule has 0 radical (unpaired) electrons. The summed E-state index contributed by atoms with van der Waals surface area (Å²) >= 11 is 12.3. The van der Waals surface area contributed by atoms with Gasteiger partial charge in [0.05, 0.1) is 10.6 Å². The van der Waals surface area contributed by atoms with Crippen molar-refractivity contribution in [3.8, 4) is 0 Å². The van der Waals surface area contributed by atoms with Gasteiger partial charge in [0, 0.05) is 11.6 Å². The van der Waals surface area contributed by atoms with E-state index in [1.807, 2.05) is 13.0 Å². The molecule has 0 aromatic heterocycles. The van der Waals surface area contributed by atoms with E-state index in [1.54, 1.807) is 0 Å². The highest BCUT2D eigenvalue weighted by atomic mass is 35.5. The monoisotopic (exact) mass is 317 g/mol. The van der Waals surface area contributed by atoms with Gasteiger partial charge in [-0.15, -0.1) is 0 Å². The average Bonchev–Trinajstić information content (AvgIpc) is 2.35. The predicted molar refractivity (Wildman–Crippen MR) is 86.1 cm³/mol. The van der Waals surface area contributed by atoms with Crippen LogP contribution in [-0.4, -0.2) is 36.2 Å². The Morgan fingerprint density at radius 1 is 1.25 bits per heavy atom. The maximum Gasteiger partial charge on any atom is 0.0620 e. The molecule has 4 heteroatoms. The minimum Gasteiger partial charge on any atom is -0.390 e. The van der Waals surface area contributed by atoms with Gasteiger partial charge in [-0.2, -0.15) is 0 Å². The molecule has 2 aliphatic carbocycles. The molecule has 0 aromatic carbocycles. The van der Waals surface area contributed by atoms with E-state index in [-0.39, 0.29) is 5.41 Å². The van der Waals surface area contributed by atoms with E-state index >= 15 is 0 Å². The van der Waals surface area contributed by atoms with Crippen molar-refractivity contribution < 1.29 is 5.11 Å². The van der Waals surface area contributed by atoms with Crippen LogP contribution < -0.4 is 0 Å². The normalized spacial score (nSPS) is 38.6. The number of aliphatic hydroxyl groups is 1. The predicted octanol–water partition coefficient (Wildman–Crippen LogP) is 4.12. The summed E-state index contributed by atoms with van der Waals surface area (Å²) in [5.41, 5.74) is -0.314. The van der Waals surface area contributed by atoms with Crippen LogP contribution >= 0.6 is 23.2 Å². The van der Waals surface area contributed by atoms with E-state index in [0.717, 1.165) is 43.7 Å². The summed E-state index contributed by atoms with van der Waals surface area (Å²) in [6, 6.07) is 0. The zero-order chi connectivity index (χ0) is 15.0. The molecule has 0 saturated heterocycles. The maximum atomic E-state index is 10.2. The summed E-state index contributed by atoms with van der Waals surface area (Å²) in [5, 5.41) is 11.7. The van der Waals surface area contributed by atoms with Crippen molar-refractivity contribution in [1.82, 2.24) is 4.90 Å². The lowest BCUT2D eigenvalue weighted by Gasteiger charge is -2.48. The topological polar surface area (TPSA) is 23.5 Å². The second-order valence-corrected chi connectivity index (χ2v) is 7.88. The van der Waals surface area contributed by atoms with Crippen molar-refractivity contribution in [2.75, 3.05) is 20.6 Å². The van der Waals surface area contributed by atoms with Crippen LogP contribution in [0.4, 0.5) is 0 Å². The molecule has 114 valence electrons. The molecule has 0 bridgehead atoms. The van der Waals surface area contributed by atoms with Crippen LogP contribution in [0.25, 0.3) is 0 Å². The maximum absolute atomic E-state index is 10.2. The highest BCUT2D eigenvalue weighted by Crippen LogP contribution is 2.50. The highest BCUT2D eigenvalue weighted by Gasteiger charge is 2.44. The minimum atomic E-state index is -0.508. The molecule has 0 aliphatic heterocycles. The quantitative estimate of drug-likeness (QED) is 0.846. The van der Waals surface area contributed by atoms with Gasteiger partial charge in [-0.1, -0.05) is 29.3 Å². The molecule has 2 nitrogen and oxygen atoms in total. The Bertz CT molecular complexity index is 416. The lowest BCUT2D eigenvalue weighted by molar-refractivity contribution is -0.0406. The summed E-state index contributed by atoms with van der Waals surface area (Å²) in [4.78, 5) is 2.25. The minimum absolute atomic E-state index is 0.194.